The van der Waals surface area contributed by atoms with Gasteiger partial charge in [0.25, 0.3) is 0 Å². The fourth-order valence-corrected chi connectivity index (χ4v) is 4.76. The highest BCUT2D eigenvalue weighted by atomic mass is 32.2. The van der Waals surface area contributed by atoms with Gasteiger partial charge in [0.15, 0.2) is 4.34 Å². The Bertz CT molecular complexity index is 867. The van der Waals surface area contributed by atoms with Crippen LogP contribution in [0.3, 0.4) is 0 Å². The summed E-state index contributed by atoms with van der Waals surface area (Å²) in [6.07, 6.45) is 2.36. The second-order valence-corrected chi connectivity index (χ2v) is 9.48. The minimum atomic E-state index is -0.550. The zero-order valence-corrected chi connectivity index (χ0v) is 18.3. The summed E-state index contributed by atoms with van der Waals surface area (Å²) in [7, 11) is 0. The van der Waals surface area contributed by atoms with Crippen LogP contribution < -0.4 is 16.0 Å². The third-order valence-electron chi connectivity index (χ3n) is 4.43. The number of benzene rings is 1. The van der Waals surface area contributed by atoms with Crippen LogP contribution in [0.2, 0.25) is 0 Å². The molecule has 1 saturated heterocycles. The smallest absolute Gasteiger partial charge is 0.325 e. The van der Waals surface area contributed by atoms with Gasteiger partial charge in [0.2, 0.25) is 11.0 Å². The van der Waals surface area contributed by atoms with Gasteiger partial charge >= 0.3 is 6.03 Å². The first-order chi connectivity index (χ1) is 13.9. The molecule has 0 radical (unpaired) electrons. The predicted octanol–water partition coefficient (Wildman–Crippen LogP) is 3.57. The molecule has 8 nitrogen and oxygen atoms in total. The number of thioether (sulfide) groups is 1. The van der Waals surface area contributed by atoms with E-state index in [1.807, 2.05) is 32.0 Å². The van der Waals surface area contributed by atoms with Crippen LogP contribution in [0.25, 0.3) is 0 Å². The molecule has 10 heteroatoms. The van der Waals surface area contributed by atoms with Crippen molar-refractivity contribution >= 4 is 45.9 Å². The standard InChI is InChI=1S/C19H25N5O3S2/c1-11-6-7-15(12(2)9-11)21-17(26)22-16(25)13(3)28-19-24-23-18(29-19)20-10-14-5-4-8-27-14/h6-7,9,13-14H,4-5,8,10H2,1-3H3,(H,20,23)(H2,21,22,25,26). The van der Waals surface area contributed by atoms with Crippen LogP contribution in [0, 0.1) is 13.8 Å². The fraction of sp³-hybridized carbons (Fsp3) is 0.474. The van der Waals surface area contributed by atoms with Gasteiger partial charge in [-0.15, -0.1) is 10.2 Å². The molecule has 3 rings (SSSR count). The molecule has 1 aliphatic rings. The maximum atomic E-state index is 12.3. The SMILES string of the molecule is Cc1ccc(NC(=O)NC(=O)C(C)Sc2nnc(NCC3CCCO3)s2)c(C)c1. The molecule has 0 bridgehead atoms. The summed E-state index contributed by atoms with van der Waals surface area (Å²) in [4.78, 5) is 24.5. The molecule has 0 saturated carbocycles. The monoisotopic (exact) mass is 435 g/mol. The second-order valence-electron chi connectivity index (χ2n) is 6.91. The van der Waals surface area contributed by atoms with E-state index >= 15 is 0 Å². The maximum Gasteiger partial charge on any atom is 0.325 e. The average Bonchev–Trinajstić information content (AvgIpc) is 3.34. The lowest BCUT2D eigenvalue weighted by Crippen LogP contribution is -2.39. The van der Waals surface area contributed by atoms with Gasteiger partial charge in [-0.25, -0.2) is 4.79 Å². The Morgan fingerprint density at radius 2 is 2.17 bits per heavy atom. The molecule has 2 aromatic rings. The number of aryl methyl sites for hydroxylation is 2. The molecular weight excluding hydrogens is 410 g/mol. The van der Waals surface area contributed by atoms with E-state index in [-0.39, 0.29) is 12.0 Å². The number of aromatic nitrogens is 2. The largest absolute Gasteiger partial charge is 0.376 e. The number of carbonyl (C=O) groups is 2. The van der Waals surface area contributed by atoms with Crippen molar-refractivity contribution in [3.05, 3.63) is 29.3 Å². The van der Waals surface area contributed by atoms with Crippen LogP contribution in [0.4, 0.5) is 15.6 Å². The maximum absolute atomic E-state index is 12.3. The van der Waals surface area contributed by atoms with Gasteiger partial charge in [-0.05, 0) is 45.2 Å². The fourth-order valence-electron chi connectivity index (χ4n) is 2.86. The molecule has 2 unspecified atom stereocenters. The number of imide groups is 1. The zero-order chi connectivity index (χ0) is 20.8. The molecule has 0 aliphatic carbocycles. The van der Waals surface area contributed by atoms with E-state index in [1.165, 1.54) is 23.1 Å². The number of hydrogen-bond donors (Lipinski definition) is 3. The summed E-state index contributed by atoms with van der Waals surface area (Å²) in [6, 6.07) is 5.14. The lowest BCUT2D eigenvalue weighted by atomic mass is 10.1. The molecule has 1 aromatic heterocycles. The van der Waals surface area contributed by atoms with Gasteiger partial charge in [-0.3, -0.25) is 10.1 Å². The first-order valence-electron chi connectivity index (χ1n) is 9.45. The Labute approximate surface area is 178 Å². The normalized spacial score (nSPS) is 17.0. The summed E-state index contributed by atoms with van der Waals surface area (Å²) in [5.74, 6) is -0.388. The molecule has 156 valence electrons. The summed E-state index contributed by atoms with van der Waals surface area (Å²) in [6.45, 7) is 7.13. The van der Waals surface area contributed by atoms with Gasteiger partial charge in [0.1, 0.15) is 0 Å². The van der Waals surface area contributed by atoms with Gasteiger partial charge in [-0.1, -0.05) is 40.8 Å². The number of hydrogen-bond acceptors (Lipinski definition) is 8. The van der Waals surface area contributed by atoms with Crippen LogP contribution in [0.15, 0.2) is 22.5 Å². The number of nitrogens with one attached hydrogen (secondary N) is 3. The van der Waals surface area contributed by atoms with Gasteiger partial charge in [-0.2, -0.15) is 0 Å². The van der Waals surface area contributed by atoms with Crippen LogP contribution in [-0.4, -0.2) is 46.6 Å². The Kier molecular flexibility index (Phi) is 7.45. The third kappa shape index (κ3) is 6.41. The van der Waals surface area contributed by atoms with Crippen LogP contribution in [-0.2, 0) is 9.53 Å². The lowest BCUT2D eigenvalue weighted by Gasteiger charge is -2.12. The van der Waals surface area contributed by atoms with Crippen LogP contribution in [0.5, 0.6) is 0 Å². The Balaban J connectivity index is 1.45. The highest BCUT2D eigenvalue weighted by molar-refractivity contribution is 8.02. The van der Waals surface area contributed by atoms with E-state index in [0.29, 0.717) is 21.7 Å². The molecule has 1 aromatic carbocycles. The summed E-state index contributed by atoms with van der Waals surface area (Å²) in [5, 5.41) is 16.7. The zero-order valence-electron chi connectivity index (χ0n) is 16.7. The highest BCUT2D eigenvalue weighted by Crippen LogP contribution is 2.29. The summed E-state index contributed by atoms with van der Waals surface area (Å²) < 4.78 is 6.23. The predicted molar refractivity (Wildman–Crippen MR) is 116 cm³/mol. The van der Waals surface area contributed by atoms with E-state index < -0.39 is 11.3 Å². The minimum Gasteiger partial charge on any atom is -0.376 e. The molecule has 2 heterocycles. The molecule has 29 heavy (non-hydrogen) atoms. The van der Waals surface area contributed by atoms with Gasteiger partial charge in [0.05, 0.1) is 11.4 Å². The van der Waals surface area contributed by atoms with E-state index in [2.05, 4.69) is 26.1 Å². The van der Waals surface area contributed by atoms with Crippen molar-refractivity contribution in [1.82, 2.24) is 15.5 Å². The summed E-state index contributed by atoms with van der Waals surface area (Å²) >= 11 is 2.65. The van der Waals surface area contributed by atoms with Crippen molar-refractivity contribution < 1.29 is 14.3 Å². The van der Waals surface area contributed by atoms with Gasteiger partial charge < -0.3 is 15.4 Å². The molecule has 0 spiro atoms. The molecular formula is C19H25N5O3S2. The Morgan fingerprint density at radius 3 is 2.90 bits per heavy atom. The minimum absolute atomic E-state index is 0.218. The van der Waals surface area contributed by atoms with E-state index in [1.54, 1.807) is 6.92 Å². The average molecular weight is 436 g/mol. The molecule has 2 atom stereocenters. The van der Waals surface area contributed by atoms with Crippen molar-refractivity contribution in [2.24, 2.45) is 0 Å². The highest BCUT2D eigenvalue weighted by Gasteiger charge is 2.20. The Hall–Kier alpha value is -2.17. The summed E-state index contributed by atoms with van der Waals surface area (Å²) in [5.41, 5.74) is 2.72. The van der Waals surface area contributed by atoms with E-state index in [9.17, 15) is 9.59 Å². The van der Waals surface area contributed by atoms with E-state index in [4.69, 9.17) is 4.74 Å². The quantitative estimate of drug-likeness (QED) is 0.571. The van der Waals surface area contributed by atoms with E-state index in [0.717, 1.165) is 30.6 Å². The number of carbonyl (C=O) groups excluding carboxylic acids is 2. The van der Waals surface area contributed by atoms with Crippen molar-refractivity contribution in [3.8, 4) is 0 Å². The van der Waals surface area contributed by atoms with Crippen LogP contribution >= 0.6 is 23.1 Å². The van der Waals surface area contributed by atoms with Crippen molar-refractivity contribution in [2.75, 3.05) is 23.8 Å². The second kappa shape index (κ2) is 10.0. The van der Waals surface area contributed by atoms with Crippen molar-refractivity contribution in [3.63, 3.8) is 0 Å². The first-order valence-corrected chi connectivity index (χ1v) is 11.1. The first kappa shape index (κ1) is 21.5. The number of anilines is 2. The lowest BCUT2D eigenvalue weighted by molar-refractivity contribution is -0.119. The third-order valence-corrected chi connectivity index (χ3v) is 6.49. The number of amides is 3. The molecule has 1 fully saturated rings. The van der Waals surface area contributed by atoms with Gasteiger partial charge in [0, 0.05) is 18.8 Å². The topological polar surface area (TPSA) is 105 Å². The van der Waals surface area contributed by atoms with Crippen molar-refractivity contribution in [2.45, 2.75) is 49.3 Å². The van der Waals surface area contributed by atoms with Crippen LogP contribution in [0.1, 0.15) is 30.9 Å². The number of rotatable bonds is 7. The molecule has 1 aliphatic heterocycles. The Morgan fingerprint density at radius 1 is 1.34 bits per heavy atom. The number of nitrogens with zero attached hydrogens (tertiary/aromatic N) is 2. The molecule has 3 amide bonds. The van der Waals surface area contributed by atoms with Crippen molar-refractivity contribution in [1.29, 1.82) is 0 Å². The molecule has 3 N–H and O–H groups in total. The number of urea groups is 1. The number of ether oxygens (including phenoxy) is 1.